The molecular formula is C14H19N3O5S. The number of carbonyl (C=O) groups is 1. The molecule has 0 bridgehead atoms. The lowest BCUT2D eigenvalue weighted by atomic mass is 10.2. The monoisotopic (exact) mass is 341 g/mol. The number of hydrogen-bond acceptors (Lipinski definition) is 5. The highest BCUT2D eigenvalue weighted by Gasteiger charge is 2.26. The summed E-state index contributed by atoms with van der Waals surface area (Å²) in [7, 11) is -3.39. The molecule has 9 heteroatoms. The largest absolute Gasteiger partial charge is 0.489 e. The molecule has 0 spiro atoms. The molecule has 2 heterocycles. The molecular weight excluding hydrogens is 322 g/mol. The number of rotatable bonds is 2. The minimum atomic E-state index is -3.39. The van der Waals surface area contributed by atoms with Gasteiger partial charge in [0.15, 0.2) is 0 Å². The van der Waals surface area contributed by atoms with Gasteiger partial charge in [0, 0.05) is 18.8 Å². The van der Waals surface area contributed by atoms with Crippen molar-refractivity contribution in [2.45, 2.75) is 0 Å². The number of urea groups is 1. The van der Waals surface area contributed by atoms with Gasteiger partial charge < -0.3 is 19.7 Å². The maximum Gasteiger partial charge on any atom is 0.322 e. The van der Waals surface area contributed by atoms with Crippen LogP contribution in [0.1, 0.15) is 0 Å². The average Bonchev–Trinajstić information content (AvgIpc) is 2.54. The van der Waals surface area contributed by atoms with Gasteiger partial charge in [-0.2, -0.15) is 0 Å². The van der Waals surface area contributed by atoms with E-state index in [0.29, 0.717) is 50.0 Å². The zero-order chi connectivity index (χ0) is 16.4. The molecule has 1 fully saturated rings. The van der Waals surface area contributed by atoms with E-state index in [1.54, 1.807) is 23.1 Å². The summed E-state index contributed by atoms with van der Waals surface area (Å²) >= 11 is 0. The van der Waals surface area contributed by atoms with Crippen LogP contribution < -0.4 is 14.4 Å². The Bertz CT molecular complexity index is 700. The van der Waals surface area contributed by atoms with Crippen LogP contribution in [0.5, 0.6) is 5.75 Å². The first-order valence-corrected chi connectivity index (χ1v) is 9.18. The molecule has 23 heavy (non-hydrogen) atoms. The van der Waals surface area contributed by atoms with Crippen LogP contribution in [-0.2, 0) is 14.8 Å². The summed E-state index contributed by atoms with van der Waals surface area (Å²) in [6.45, 7) is 2.68. The second-order valence-corrected chi connectivity index (χ2v) is 7.30. The Labute approximate surface area is 135 Å². The van der Waals surface area contributed by atoms with Gasteiger partial charge in [0.05, 0.1) is 31.7 Å². The van der Waals surface area contributed by atoms with E-state index in [4.69, 9.17) is 9.47 Å². The van der Waals surface area contributed by atoms with Crippen molar-refractivity contribution in [2.75, 3.05) is 55.3 Å². The number of carbonyl (C=O) groups excluding carboxylic acids is 1. The Morgan fingerprint density at radius 3 is 2.61 bits per heavy atom. The second-order valence-electron chi connectivity index (χ2n) is 5.40. The molecule has 2 aliphatic heterocycles. The van der Waals surface area contributed by atoms with Gasteiger partial charge in [-0.25, -0.2) is 13.2 Å². The molecule has 1 aromatic rings. The van der Waals surface area contributed by atoms with E-state index in [1.807, 2.05) is 0 Å². The first-order chi connectivity index (χ1) is 10.9. The molecule has 1 saturated heterocycles. The summed E-state index contributed by atoms with van der Waals surface area (Å²) in [6, 6.07) is 4.76. The Balaban J connectivity index is 1.80. The SMILES string of the molecule is CS(=O)(=O)N1CCOc2ccc(NC(=O)N3CCOCC3)cc21. The Kier molecular flexibility index (Phi) is 4.31. The van der Waals surface area contributed by atoms with Gasteiger partial charge in [0.1, 0.15) is 12.4 Å². The van der Waals surface area contributed by atoms with Crippen molar-refractivity contribution in [3.63, 3.8) is 0 Å². The minimum absolute atomic E-state index is 0.226. The Morgan fingerprint density at radius 1 is 1.17 bits per heavy atom. The van der Waals surface area contributed by atoms with Crippen molar-refractivity contribution in [2.24, 2.45) is 0 Å². The number of morpholine rings is 1. The molecule has 0 radical (unpaired) electrons. The number of hydrogen-bond donors (Lipinski definition) is 1. The lowest BCUT2D eigenvalue weighted by Crippen LogP contribution is -2.43. The quantitative estimate of drug-likeness (QED) is 0.856. The van der Waals surface area contributed by atoms with Gasteiger partial charge in [-0.3, -0.25) is 4.31 Å². The highest BCUT2D eigenvalue weighted by atomic mass is 32.2. The highest BCUT2D eigenvalue weighted by Crippen LogP contribution is 2.35. The van der Waals surface area contributed by atoms with E-state index in [1.165, 1.54) is 4.31 Å². The van der Waals surface area contributed by atoms with Crippen LogP contribution in [0.3, 0.4) is 0 Å². The first-order valence-electron chi connectivity index (χ1n) is 7.33. The van der Waals surface area contributed by atoms with Crippen LogP contribution >= 0.6 is 0 Å². The molecule has 0 saturated carbocycles. The van der Waals surface area contributed by atoms with Crippen molar-refractivity contribution >= 4 is 27.4 Å². The summed E-state index contributed by atoms with van der Waals surface area (Å²) in [5.41, 5.74) is 0.970. The number of amides is 2. The summed E-state index contributed by atoms with van der Waals surface area (Å²) in [5.74, 6) is 0.492. The predicted molar refractivity (Wildman–Crippen MR) is 85.5 cm³/mol. The summed E-state index contributed by atoms with van der Waals surface area (Å²) in [5, 5.41) is 2.79. The fourth-order valence-electron chi connectivity index (χ4n) is 2.58. The second kappa shape index (κ2) is 6.25. The summed E-state index contributed by atoms with van der Waals surface area (Å²) in [4.78, 5) is 13.9. The fraction of sp³-hybridized carbons (Fsp3) is 0.500. The van der Waals surface area contributed by atoms with E-state index in [9.17, 15) is 13.2 Å². The van der Waals surface area contributed by atoms with E-state index >= 15 is 0 Å². The van der Waals surface area contributed by atoms with Crippen molar-refractivity contribution < 1.29 is 22.7 Å². The molecule has 2 amide bonds. The third-order valence-corrected chi connectivity index (χ3v) is 4.91. The minimum Gasteiger partial charge on any atom is -0.489 e. The smallest absolute Gasteiger partial charge is 0.322 e. The zero-order valence-corrected chi connectivity index (χ0v) is 13.6. The number of anilines is 2. The molecule has 0 unspecified atom stereocenters. The highest BCUT2D eigenvalue weighted by molar-refractivity contribution is 7.92. The van der Waals surface area contributed by atoms with Gasteiger partial charge in [-0.1, -0.05) is 0 Å². The standard InChI is InChI=1S/C14H19N3O5S/c1-23(19,20)17-6-9-22-13-3-2-11(10-12(13)17)15-14(18)16-4-7-21-8-5-16/h2-3,10H,4-9H2,1H3,(H,15,18). The van der Waals surface area contributed by atoms with Crippen molar-refractivity contribution in [3.8, 4) is 5.75 Å². The fourth-order valence-corrected chi connectivity index (χ4v) is 3.49. The third kappa shape index (κ3) is 3.50. The van der Waals surface area contributed by atoms with E-state index < -0.39 is 10.0 Å². The van der Waals surface area contributed by atoms with Gasteiger partial charge in [-0.05, 0) is 18.2 Å². The number of ether oxygens (including phenoxy) is 2. The van der Waals surface area contributed by atoms with Crippen LogP contribution in [0.25, 0.3) is 0 Å². The summed E-state index contributed by atoms with van der Waals surface area (Å²) in [6.07, 6.45) is 1.15. The number of fused-ring (bicyclic) bond motifs is 1. The molecule has 0 atom stereocenters. The molecule has 0 aliphatic carbocycles. The predicted octanol–water partition coefficient (Wildman–Crippen LogP) is 0.709. The van der Waals surface area contributed by atoms with Crippen LogP contribution in [0.2, 0.25) is 0 Å². The molecule has 0 aromatic heterocycles. The Hall–Kier alpha value is -2.00. The van der Waals surface area contributed by atoms with Crippen LogP contribution in [0.15, 0.2) is 18.2 Å². The average molecular weight is 341 g/mol. The first kappa shape index (κ1) is 15.9. The lowest BCUT2D eigenvalue weighted by Gasteiger charge is -2.30. The molecule has 1 N–H and O–H groups in total. The van der Waals surface area contributed by atoms with E-state index in [-0.39, 0.29) is 12.6 Å². The molecule has 2 aliphatic rings. The number of nitrogens with zero attached hydrogens (tertiary/aromatic N) is 2. The maximum atomic E-state index is 12.2. The van der Waals surface area contributed by atoms with E-state index in [2.05, 4.69) is 5.32 Å². The molecule has 3 rings (SSSR count). The van der Waals surface area contributed by atoms with Crippen LogP contribution in [0, 0.1) is 0 Å². The molecule has 8 nitrogen and oxygen atoms in total. The number of nitrogens with one attached hydrogen (secondary N) is 1. The topological polar surface area (TPSA) is 88.2 Å². The van der Waals surface area contributed by atoms with Crippen LogP contribution in [-0.4, -0.2) is 65.1 Å². The lowest BCUT2D eigenvalue weighted by molar-refractivity contribution is 0.0564. The summed E-state index contributed by atoms with van der Waals surface area (Å²) < 4.78 is 35.8. The van der Waals surface area contributed by atoms with Gasteiger partial charge in [0.2, 0.25) is 10.0 Å². The van der Waals surface area contributed by atoms with Crippen molar-refractivity contribution in [1.82, 2.24) is 4.90 Å². The maximum absolute atomic E-state index is 12.2. The van der Waals surface area contributed by atoms with E-state index in [0.717, 1.165) is 6.26 Å². The normalized spacial score (nSPS) is 18.1. The number of benzene rings is 1. The van der Waals surface area contributed by atoms with Gasteiger partial charge in [0.25, 0.3) is 0 Å². The zero-order valence-electron chi connectivity index (χ0n) is 12.8. The van der Waals surface area contributed by atoms with Crippen molar-refractivity contribution in [1.29, 1.82) is 0 Å². The van der Waals surface area contributed by atoms with Crippen LogP contribution in [0.4, 0.5) is 16.2 Å². The number of sulfonamides is 1. The molecule has 1 aromatic carbocycles. The molecule has 126 valence electrons. The van der Waals surface area contributed by atoms with Gasteiger partial charge >= 0.3 is 6.03 Å². The Morgan fingerprint density at radius 2 is 1.91 bits per heavy atom. The van der Waals surface area contributed by atoms with Gasteiger partial charge in [-0.15, -0.1) is 0 Å². The third-order valence-electron chi connectivity index (χ3n) is 3.73. The van der Waals surface area contributed by atoms with Crippen molar-refractivity contribution in [3.05, 3.63) is 18.2 Å².